The number of nitrogens with zero attached hydrogens (tertiary/aromatic N) is 2. The van der Waals surface area contributed by atoms with Crippen molar-refractivity contribution in [1.29, 1.82) is 0 Å². The quantitative estimate of drug-likeness (QED) is 0.668. The Bertz CT molecular complexity index is 205. The van der Waals surface area contributed by atoms with E-state index in [4.69, 9.17) is 10.5 Å². The minimum atomic E-state index is 0.210. The molecule has 1 aliphatic heterocycles. The molecule has 0 spiro atoms. The first-order valence-electron chi connectivity index (χ1n) is 6.06. The smallest absolute Gasteiger partial charge is 0.236 e. The Morgan fingerprint density at radius 2 is 2.12 bits per heavy atom. The van der Waals surface area contributed by atoms with Gasteiger partial charge in [-0.25, -0.2) is 0 Å². The van der Waals surface area contributed by atoms with Crippen molar-refractivity contribution in [3.8, 4) is 0 Å². The maximum absolute atomic E-state index is 11.9. The molecule has 0 bridgehead atoms. The lowest BCUT2D eigenvalue weighted by atomic mass is 10.3. The molecule has 0 atom stereocenters. The van der Waals surface area contributed by atoms with Gasteiger partial charge in [-0.15, -0.1) is 0 Å². The summed E-state index contributed by atoms with van der Waals surface area (Å²) in [5.41, 5.74) is 5.47. The Morgan fingerprint density at radius 3 is 2.69 bits per heavy atom. The Balaban J connectivity index is 2.29. The Hall–Kier alpha value is -0.650. The first-order chi connectivity index (χ1) is 7.77. The molecule has 1 aliphatic rings. The second kappa shape index (κ2) is 7.60. The summed E-state index contributed by atoms with van der Waals surface area (Å²) >= 11 is 0. The van der Waals surface area contributed by atoms with Gasteiger partial charge >= 0.3 is 0 Å². The van der Waals surface area contributed by atoms with E-state index in [1.807, 2.05) is 4.90 Å². The van der Waals surface area contributed by atoms with Crippen LogP contribution in [0.5, 0.6) is 0 Å². The monoisotopic (exact) mass is 229 g/mol. The van der Waals surface area contributed by atoms with Crippen molar-refractivity contribution in [3.63, 3.8) is 0 Å². The molecule has 0 saturated carbocycles. The minimum absolute atomic E-state index is 0.210. The van der Waals surface area contributed by atoms with Crippen LogP contribution in [0.15, 0.2) is 0 Å². The predicted octanol–water partition coefficient (Wildman–Crippen LogP) is -0.484. The van der Waals surface area contributed by atoms with Crippen LogP contribution in [0.3, 0.4) is 0 Å². The van der Waals surface area contributed by atoms with E-state index < -0.39 is 0 Å². The number of rotatable bonds is 6. The van der Waals surface area contributed by atoms with Crippen LogP contribution in [0, 0.1) is 0 Å². The van der Waals surface area contributed by atoms with E-state index in [2.05, 4.69) is 11.8 Å². The van der Waals surface area contributed by atoms with Gasteiger partial charge in [-0.2, -0.15) is 0 Å². The van der Waals surface area contributed by atoms with Crippen LogP contribution in [0.2, 0.25) is 0 Å². The van der Waals surface area contributed by atoms with Crippen LogP contribution in [-0.2, 0) is 9.53 Å². The summed E-state index contributed by atoms with van der Waals surface area (Å²) in [6.45, 7) is 7.86. The van der Waals surface area contributed by atoms with Gasteiger partial charge in [0.05, 0.1) is 19.8 Å². The molecule has 94 valence electrons. The van der Waals surface area contributed by atoms with Crippen LogP contribution in [-0.4, -0.2) is 68.2 Å². The van der Waals surface area contributed by atoms with Gasteiger partial charge < -0.3 is 15.4 Å². The number of nitrogens with two attached hydrogens (primary N) is 1. The van der Waals surface area contributed by atoms with E-state index in [0.717, 1.165) is 32.6 Å². The molecule has 0 aliphatic carbocycles. The van der Waals surface area contributed by atoms with Gasteiger partial charge in [0.15, 0.2) is 0 Å². The van der Waals surface area contributed by atoms with Gasteiger partial charge in [-0.05, 0) is 26.1 Å². The lowest BCUT2D eigenvalue weighted by Crippen LogP contribution is -2.46. The summed E-state index contributed by atoms with van der Waals surface area (Å²) < 4.78 is 5.22. The van der Waals surface area contributed by atoms with Crippen LogP contribution in [0.4, 0.5) is 0 Å². The van der Waals surface area contributed by atoms with Gasteiger partial charge in [-0.3, -0.25) is 9.69 Å². The lowest BCUT2D eigenvalue weighted by molar-refractivity contribution is -0.136. The standard InChI is InChI=1S/C11H23N3O2/c1-2-13(5-3-4-12)10-11(15)14-6-8-16-9-7-14/h2-10,12H2,1H3. The second-order valence-electron chi connectivity index (χ2n) is 4.00. The third-order valence-corrected chi connectivity index (χ3v) is 2.85. The number of morpholine rings is 1. The number of likely N-dealkylation sites (N-methyl/N-ethyl adjacent to an activating group) is 1. The zero-order valence-electron chi connectivity index (χ0n) is 10.2. The Morgan fingerprint density at radius 1 is 1.44 bits per heavy atom. The molecule has 0 aromatic heterocycles. The molecular formula is C11H23N3O2. The summed E-state index contributed by atoms with van der Waals surface area (Å²) in [4.78, 5) is 16.0. The van der Waals surface area contributed by atoms with Crippen molar-refractivity contribution in [2.45, 2.75) is 13.3 Å². The van der Waals surface area contributed by atoms with E-state index in [1.165, 1.54) is 0 Å². The molecular weight excluding hydrogens is 206 g/mol. The highest BCUT2D eigenvalue weighted by Gasteiger charge is 2.18. The number of ether oxygens (including phenoxy) is 1. The second-order valence-corrected chi connectivity index (χ2v) is 4.00. The Labute approximate surface area is 97.5 Å². The molecule has 0 radical (unpaired) electrons. The fourth-order valence-corrected chi connectivity index (χ4v) is 1.77. The zero-order chi connectivity index (χ0) is 11.8. The summed E-state index contributed by atoms with van der Waals surface area (Å²) in [5.74, 6) is 0.210. The van der Waals surface area contributed by atoms with Crippen molar-refractivity contribution in [2.24, 2.45) is 5.73 Å². The van der Waals surface area contributed by atoms with Crippen molar-refractivity contribution < 1.29 is 9.53 Å². The highest BCUT2D eigenvalue weighted by molar-refractivity contribution is 5.78. The van der Waals surface area contributed by atoms with Crippen LogP contribution < -0.4 is 5.73 Å². The normalized spacial score (nSPS) is 16.8. The van der Waals surface area contributed by atoms with Gasteiger partial charge in [0.25, 0.3) is 0 Å². The molecule has 1 amide bonds. The summed E-state index contributed by atoms with van der Waals surface area (Å²) in [6, 6.07) is 0. The largest absolute Gasteiger partial charge is 0.378 e. The summed E-state index contributed by atoms with van der Waals surface area (Å²) in [6.07, 6.45) is 0.949. The van der Waals surface area contributed by atoms with Gasteiger partial charge in [0.2, 0.25) is 5.91 Å². The molecule has 1 rings (SSSR count). The topological polar surface area (TPSA) is 58.8 Å². The number of carbonyl (C=O) groups is 1. The van der Waals surface area contributed by atoms with E-state index in [9.17, 15) is 4.79 Å². The molecule has 1 saturated heterocycles. The minimum Gasteiger partial charge on any atom is -0.378 e. The fraction of sp³-hybridized carbons (Fsp3) is 0.909. The molecule has 2 N–H and O–H groups in total. The summed E-state index contributed by atoms with van der Waals surface area (Å²) in [5, 5.41) is 0. The van der Waals surface area contributed by atoms with Gasteiger partial charge in [0.1, 0.15) is 0 Å². The van der Waals surface area contributed by atoms with Crippen molar-refractivity contribution in [1.82, 2.24) is 9.80 Å². The van der Waals surface area contributed by atoms with E-state index in [-0.39, 0.29) is 5.91 Å². The average molecular weight is 229 g/mol. The number of amides is 1. The van der Waals surface area contributed by atoms with E-state index in [0.29, 0.717) is 26.3 Å². The van der Waals surface area contributed by atoms with E-state index >= 15 is 0 Å². The van der Waals surface area contributed by atoms with Crippen LogP contribution >= 0.6 is 0 Å². The molecule has 1 heterocycles. The number of carbonyl (C=O) groups excluding carboxylic acids is 1. The average Bonchev–Trinajstić information content (AvgIpc) is 2.35. The highest BCUT2D eigenvalue weighted by Crippen LogP contribution is 2.00. The third-order valence-electron chi connectivity index (χ3n) is 2.85. The SMILES string of the molecule is CCN(CCCN)CC(=O)N1CCOCC1. The van der Waals surface area contributed by atoms with E-state index in [1.54, 1.807) is 0 Å². The van der Waals surface area contributed by atoms with Crippen LogP contribution in [0.1, 0.15) is 13.3 Å². The first kappa shape index (κ1) is 13.4. The van der Waals surface area contributed by atoms with Crippen molar-refractivity contribution >= 4 is 5.91 Å². The number of hydrogen-bond donors (Lipinski definition) is 1. The third kappa shape index (κ3) is 4.47. The van der Waals surface area contributed by atoms with Gasteiger partial charge in [-0.1, -0.05) is 6.92 Å². The molecule has 0 unspecified atom stereocenters. The molecule has 16 heavy (non-hydrogen) atoms. The molecule has 0 aromatic rings. The Kier molecular flexibility index (Phi) is 6.37. The lowest BCUT2D eigenvalue weighted by Gasteiger charge is -2.29. The van der Waals surface area contributed by atoms with Crippen molar-refractivity contribution in [3.05, 3.63) is 0 Å². The zero-order valence-corrected chi connectivity index (χ0v) is 10.2. The molecule has 5 heteroatoms. The van der Waals surface area contributed by atoms with Crippen LogP contribution in [0.25, 0.3) is 0 Å². The van der Waals surface area contributed by atoms with Gasteiger partial charge in [0, 0.05) is 13.1 Å². The fourth-order valence-electron chi connectivity index (χ4n) is 1.77. The molecule has 0 aromatic carbocycles. The summed E-state index contributed by atoms with van der Waals surface area (Å²) in [7, 11) is 0. The predicted molar refractivity (Wildman–Crippen MR) is 63.2 cm³/mol. The maximum Gasteiger partial charge on any atom is 0.236 e. The maximum atomic E-state index is 11.9. The van der Waals surface area contributed by atoms with Crippen molar-refractivity contribution in [2.75, 3.05) is 52.5 Å². The highest BCUT2D eigenvalue weighted by atomic mass is 16.5. The first-order valence-corrected chi connectivity index (χ1v) is 6.06. The molecule has 5 nitrogen and oxygen atoms in total. The number of hydrogen-bond acceptors (Lipinski definition) is 4. The molecule has 1 fully saturated rings.